The molecule has 58 heavy (non-hydrogen) atoms. The van der Waals surface area contributed by atoms with Gasteiger partial charge in [-0.25, -0.2) is 87.8 Å². The van der Waals surface area contributed by atoms with Crippen LogP contribution in [-0.2, 0) is 14.1 Å². The standard InChI is InChI=1S/C24BF20.C9H13N2OS/c26-5-1(6(27)14(35)21(42)13(5)34)25(2-7(28)15(36)22(43)16(37)8(2)29,3-9(30)17(38)23(44)18(39)10(3)31)4-11(32)19(40)24(45)20(41)12(4)33;1-3-13(12,4-2)6-5-9(7-10)8-11/h;5H,3-4,6H2,1-2H3/q-1;+1. The number of nitriles is 2. The Bertz CT molecular complexity index is 2120. The van der Waals surface area contributed by atoms with Crippen molar-refractivity contribution in [1.82, 2.24) is 0 Å². The monoisotopic (exact) mass is 876 g/mol. The maximum atomic E-state index is 15.4. The van der Waals surface area contributed by atoms with Crippen LogP contribution >= 0.6 is 0 Å². The summed E-state index contributed by atoms with van der Waals surface area (Å²) in [4.78, 5) is 0. The molecule has 0 fully saturated rings. The quantitative estimate of drug-likeness (QED) is 0.0465. The van der Waals surface area contributed by atoms with Crippen LogP contribution in [-0.4, -0.2) is 23.4 Å². The summed E-state index contributed by atoms with van der Waals surface area (Å²) in [6, 6.07) is 3.49. The van der Waals surface area contributed by atoms with Gasteiger partial charge in [0.05, 0.1) is 9.93 Å². The molecule has 4 aromatic carbocycles. The molecule has 3 nitrogen and oxygen atoms in total. The third-order valence-corrected chi connectivity index (χ3v) is 11.5. The molecule has 0 radical (unpaired) electrons. The highest BCUT2D eigenvalue weighted by atomic mass is 32.2. The van der Waals surface area contributed by atoms with E-state index in [1.165, 1.54) is 6.08 Å². The molecule has 310 valence electrons. The molecule has 0 N–H and O–H groups in total. The van der Waals surface area contributed by atoms with Crippen molar-refractivity contribution in [2.75, 3.05) is 17.3 Å². The number of nitrogens with zero attached hydrogens (tertiary/aromatic N) is 2. The van der Waals surface area contributed by atoms with E-state index in [1.807, 2.05) is 13.8 Å². The summed E-state index contributed by atoms with van der Waals surface area (Å²) in [5.41, 5.74) is -14.3. The number of hydrogen-bond acceptors (Lipinski definition) is 3. The molecule has 25 heteroatoms. The summed E-state index contributed by atoms with van der Waals surface area (Å²) >= 11 is 0. The Kier molecular flexibility index (Phi) is 13.8. The van der Waals surface area contributed by atoms with Crippen molar-refractivity contribution >= 4 is 37.9 Å². The molecule has 0 atom stereocenters. The molecule has 0 aliphatic rings. The first kappa shape index (κ1) is 46.8. The Morgan fingerprint density at radius 1 is 0.414 bits per heavy atom. The molecular weight excluding hydrogens is 863 g/mol. The number of hydrogen-bond donors (Lipinski definition) is 0. The second kappa shape index (κ2) is 17.1. The SMILES string of the molecule is CC[S+](=O)(CC)CC=C(C#N)C#N.Fc1c(F)c(F)c([B-](c2c(F)c(F)c(F)c(F)c2F)(c2c(F)c(F)c(F)c(F)c2F)c2c(F)c(F)c(F)c(F)c2F)c(F)c1F. The van der Waals surface area contributed by atoms with Gasteiger partial charge in [-0.15, -0.1) is 26.1 Å². The number of benzene rings is 4. The minimum atomic E-state index is -7.22. The smallest absolute Gasteiger partial charge is 0.200 e. The van der Waals surface area contributed by atoms with Crippen LogP contribution in [0.2, 0.25) is 0 Å². The molecular formula is C33H13BF20N2OS. The van der Waals surface area contributed by atoms with Crippen LogP contribution in [0.1, 0.15) is 13.8 Å². The van der Waals surface area contributed by atoms with E-state index < -0.39 is 154 Å². The molecule has 0 heterocycles. The van der Waals surface area contributed by atoms with E-state index in [9.17, 15) is 56.9 Å². The van der Waals surface area contributed by atoms with Crippen molar-refractivity contribution in [3.05, 3.63) is 128 Å². The van der Waals surface area contributed by atoms with Crippen molar-refractivity contribution in [3.63, 3.8) is 0 Å². The molecule has 0 aliphatic heterocycles. The predicted octanol–water partition coefficient (Wildman–Crippen LogP) is 7.35. The van der Waals surface area contributed by atoms with Gasteiger partial charge in [0.15, 0.2) is 69.8 Å². The lowest BCUT2D eigenvalue weighted by atomic mass is 9.12. The molecule has 0 spiro atoms. The second-order valence-electron chi connectivity index (χ2n) is 11.4. The van der Waals surface area contributed by atoms with Gasteiger partial charge in [-0.2, -0.15) is 10.5 Å². The maximum Gasteiger partial charge on any atom is 0.200 e. The van der Waals surface area contributed by atoms with E-state index >= 15 is 35.1 Å². The lowest BCUT2D eigenvalue weighted by molar-refractivity contribution is 0.378. The zero-order chi connectivity index (χ0) is 44.7. The van der Waals surface area contributed by atoms with E-state index in [0.717, 1.165) is 0 Å². The van der Waals surface area contributed by atoms with Gasteiger partial charge in [0.2, 0.25) is 0 Å². The van der Waals surface area contributed by atoms with Crippen LogP contribution < -0.4 is 21.9 Å². The Hall–Kier alpha value is -5.59. The van der Waals surface area contributed by atoms with Gasteiger partial charge in [0.1, 0.15) is 87.7 Å². The molecule has 0 unspecified atom stereocenters. The van der Waals surface area contributed by atoms with E-state index in [2.05, 4.69) is 0 Å². The molecule has 0 amide bonds. The Balaban J connectivity index is 0.000000594. The molecule has 0 saturated heterocycles. The van der Waals surface area contributed by atoms with Gasteiger partial charge < -0.3 is 0 Å². The van der Waals surface area contributed by atoms with Gasteiger partial charge >= 0.3 is 0 Å². The average molecular weight is 876 g/mol. The number of allylic oxidation sites excluding steroid dienone is 1. The van der Waals surface area contributed by atoms with Crippen molar-refractivity contribution in [2.24, 2.45) is 0 Å². The van der Waals surface area contributed by atoms with Crippen LogP contribution in [0.3, 0.4) is 0 Å². The Morgan fingerprint density at radius 2 is 0.586 bits per heavy atom. The van der Waals surface area contributed by atoms with Crippen LogP contribution in [0.4, 0.5) is 87.8 Å². The minimum Gasteiger partial charge on any atom is -0.207 e. The summed E-state index contributed by atoms with van der Waals surface area (Å²) < 4.78 is 306. The van der Waals surface area contributed by atoms with Crippen molar-refractivity contribution < 1.29 is 92.0 Å². The summed E-state index contributed by atoms with van der Waals surface area (Å²) in [5, 5.41) is 16.9. The fourth-order valence-electron chi connectivity index (χ4n) is 5.67. The molecule has 0 aromatic heterocycles. The highest BCUT2D eigenvalue weighted by Gasteiger charge is 2.52. The summed E-state index contributed by atoms with van der Waals surface area (Å²) in [7, 11) is -1.86. The molecule has 0 bridgehead atoms. The molecule has 4 aromatic rings. The maximum absolute atomic E-state index is 15.4. The zero-order valence-electron chi connectivity index (χ0n) is 28.0. The highest BCUT2D eigenvalue weighted by Crippen LogP contribution is 2.30. The van der Waals surface area contributed by atoms with Gasteiger partial charge in [0.25, 0.3) is 0 Å². The molecule has 0 saturated carbocycles. The molecule has 0 aliphatic carbocycles. The van der Waals surface area contributed by atoms with E-state index in [0.29, 0.717) is 17.3 Å². The number of halogens is 20. The fraction of sp³-hybridized carbons (Fsp3) is 0.152. The Morgan fingerprint density at radius 3 is 0.741 bits per heavy atom. The average Bonchev–Trinajstić information content (AvgIpc) is 3.21. The topological polar surface area (TPSA) is 64.7 Å². The van der Waals surface area contributed by atoms with Crippen molar-refractivity contribution in [1.29, 1.82) is 10.5 Å². The van der Waals surface area contributed by atoms with Crippen molar-refractivity contribution in [3.8, 4) is 12.1 Å². The predicted molar refractivity (Wildman–Crippen MR) is 163 cm³/mol. The van der Waals surface area contributed by atoms with Crippen LogP contribution in [0.5, 0.6) is 0 Å². The lowest BCUT2D eigenvalue weighted by Crippen LogP contribution is -2.81. The Labute approximate surface area is 311 Å². The van der Waals surface area contributed by atoms with Gasteiger partial charge in [-0.05, 0) is 19.9 Å². The van der Waals surface area contributed by atoms with Gasteiger partial charge in [-0.3, -0.25) is 0 Å². The first-order valence-electron chi connectivity index (χ1n) is 15.0. The fourth-order valence-corrected chi connectivity index (χ4v) is 7.02. The van der Waals surface area contributed by atoms with Crippen LogP contribution in [0.25, 0.3) is 0 Å². The van der Waals surface area contributed by atoms with E-state index in [4.69, 9.17) is 10.5 Å². The van der Waals surface area contributed by atoms with E-state index in [-0.39, 0.29) is 5.57 Å². The normalized spacial score (nSPS) is 11.5. The zero-order valence-corrected chi connectivity index (χ0v) is 28.9. The van der Waals surface area contributed by atoms with Gasteiger partial charge in [-0.1, -0.05) is 0 Å². The highest BCUT2D eigenvalue weighted by molar-refractivity contribution is 8.03. The second-order valence-corrected chi connectivity index (χ2v) is 14.8. The summed E-state index contributed by atoms with van der Waals surface area (Å²) in [6.07, 6.45) is -5.75. The number of rotatable bonds is 8. The largest absolute Gasteiger partial charge is 0.207 e. The van der Waals surface area contributed by atoms with E-state index in [1.54, 1.807) is 12.1 Å². The first-order valence-corrected chi connectivity index (χ1v) is 17.1. The van der Waals surface area contributed by atoms with Crippen LogP contribution in [0.15, 0.2) is 11.6 Å². The lowest BCUT2D eigenvalue weighted by Gasteiger charge is -2.44. The minimum absolute atomic E-state index is 0.0506. The summed E-state index contributed by atoms with van der Waals surface area (Å²) in [5.74, 6) is -69.9. The summed E-state index contributed by atoms with van der Waals surface area (Å²) in [6.45, 7) is 3.72. The first-order chi connectivity index (χ1) is 26.8. The molecule has 4 rings (SSSR count). The van der Waals surface area contributed by atoms with Crippen molar-refractivity contribution in [2.45, 2.75) is 13.8 Å². The van der Waals surface area contributed by atoms with Gasteiger partial charge in [0, 0.05) is 0 Å². The third-order valence-electron chi connectivity index (χ3n) is 8.59. The third kappa shape index (κ3) is 7.24. The van der Waals surface area contributed by atoms with Crippen LogP contribution in [0, 0.1) is 139 Å².